The van der Waals surface area contributed by atoms with Gasteiger partial charge in [-0.15, -0.1) is 0 Å². The van der Waals surface area contributed by atoms with Gasteiger partial charge in [0.25, 0.3) is 0 Å². The highest BCUT2D eigenvalue weighted by atomic mass is 16.6. The number of para-hydroxylation sites is 1. The lowest BCUT2D eigenvalue weighted by molar-refractivity contribution is -0.421. The van der Waals surface area contributed by atoms with Gasteiger partial charge in [0.05, 0.1) is 9.85 Å². The van der Waals surface area contributed by atoms with Crippen molar-refractivity contribution in [2.75, 3.05) is 5.32 Å². The van der Waals surface area contributed by atoms with E-state index in [9.17, 15) is 20.2 Å². The molecule has 0 bridgehead atoms. The maximum Gasteiger partial charge on any atom is 0.369 e. The molecule has 102 valence electrons. The molecule has 0 heterocycles. The largest absolute Gasteiger partial charge is 0.508 e. The molecule has 20 heavy (non-hydrogen) atoms. The van der Waals surface area contributed by atoms with Crippen molar-refractivity contribution in [1.82, 2.24) is 0 Å². The zero-order chi connectivity index (χ0) is 14.7. The molecule has 2 N–H and O–H groups in total. The molecule has 0 atom stereocenters. The summed E-state index contributed by atoms with van der Waals surface area (Å²) in [6, 6.07) is 9.58. The lowest BCUT2D eigenvalue weighted by atomic mass is 10.2. The predicted molar refractivity (Wildman–Crippen MR) is 71.1 cm³/mol. The topological polar surface area (TPSA) is 119 Å². The minimum atomic E-state index is -0.805. The lowest BCUT2D eigenvalue weighted by Gasteiger charge is -2.07. The van der Waals surface area contributed by atoms with Crippen LogP contribution in [-0.4, -0.2) is 15.0 Å². The van der Waals surface area contributed by atoms with Gasteiger partial charge < -0.3 is 10.4 Å². The smallest absolute Gasteiger partial charge is 0.369 e. The zero-order valence-corrected chi connectivity index (χ0v) is 10.0. The van der Waals surface area contributed by atoms with E-state index in [2.05, 4.69) is 5.32 Å². The van der Waals surface area contributed by atoms with Crippen LogP contribution in [-0.2, 0) is 0 Å². The molecule has 0 saturated carbocycles. The Kier molecular flexibility index (Phi) is 3.47. The first-order chi connectivity index (χ1) is 9.49. The summed E-state index contributed by atoms with van der Waals surface area (Å²) in [6.45, 7) is 0. The predicted octanol–water partition coefficient (Wildman–Crippen LogP) is 2.95. The van der Waals surface area contributed by atoms with Gasteiger partial charge in [0.1, 0.15) is 11.4 Å². The van der Waals surface area contributed by atoms with Crippen LogP contribution in [0.4, 0.5) is 22.7 Å². The summed E-state index contributed by atoms with van der Waals surface area (Å²) >= 11 is 0. The lowest BCUT2D eigenvalue weighted by Crippen LogP contribution is -2.01. The summed E-state index contributed by atoms with van der Waals surface area (Å²) in [6.07, 6.45) is 0. The summed E-state index contributed by atoms with van der Waals surface area (Å²) in [4.78, 5) is 20.2. The van der Waals surface area contributed by atoms with Crippen molar-refractivity contribution >= 4 is 22.7 Å². The van der Waals surface area contributed by atoms with E-state index in [4.69, 9.17) is 5.11 Å². The fraction of sp³-hybridized carbons (Fsp3) is 0. The van der Waals surface area contributed by atoms with Crippen molar-refractivity contribution < 1.29 is 15.0 Å². The van der Waals surface area contributed by atoms with E-state index >= 15 is 0 Å². The van der Waals surface area contributed by atoms with Crippen LogP contribution in [0.3, 0.4) is 0 Å². The van der Waals surface area contributed by atoms with Crippen LogP contribution in [0.2, 0.25) is 0 Å². The molecule has 2 aromatic carbocycles. The van der Waals surface area contributed by atoms with Gasteiger partial charge in [-0.05, 0) is 30.3 Å². The van der Waals surface area contributed by atoms with Gasteiger partial charge in [-0.1, -0.05) is 6.07 Å². The highest BCUT2D eigenvalue weighted by Gasteiger charge is 2.28. The van der Waals surface area contributed by atoms with Crippen LogP contribution in [0.1, 0.15) is 0 Å². The Hall–Kier alpha value is -3.16. The Balaban J connectivity index is 2.46. The Bertz CT molecular complexity index is 669. The molecular formula is C12H9N3O5. The summed E-state index contributed by atoms with van der Waals surface area (Å²) in [7, 11) is 0. The van der Waals surface area contributed by atoms with Crippen molar-refractivity contribution in [2.45, 2.75) is 0 Å². The number of nitro benzene ring substituents is 2. The van der Waals surface area contributed by atoms with E-state index < -0.39 is 21.2 Å². The first-order valence-electron chi connectivity index (χ1n) is 5.47. The van der Waals surface area contributed by atoms with Crippen molar-refractivity contribution in [3.05, 3.63) is 62.7 Å². The molecule has 0 amide bonds. The number of nitrogens with zero attached hydrogens (tertiary/aromatic N) is 2. The number of rotatable bonds is 4. The molecule has 2 rings (SSSR count). The number of benzene rings is 2. The first-order valence-corrected chi connectivity index (χ1v) is 5.47. The maximum absolute atomic E-state index is 11.0. The fourth-order valence-electron chi connectivity index (χ4n) is 1.67. The third kappa shape index (κ3) is 2.64. The van der Waals surface area contributed by atoms with Crippen molar-refractivity contribution in [2.24, 2.45) is 0 Å². The molecule has 2 aromatic rings. The first kappa shape index (κ1) is 13.3. The molecule has 8 heteroatoms. The molecule has 8 nitrogen and oxygen atoms in total. The molecule has 0 fully saturated rings. The van der Waals surface area contributed by atoms with Gasteiger partial charge in [-0.2, -0.15) is 0 Å². The maximum atomic E-state index is 11.0. The highest BCUT2D eigenvalue weighted by molar-refractivity contribution is 5.76. The standard InChI is InChI=1S/C12H9N3O5/c16-9-6-4-8(5-7-9)13-10-2-1-3-11(14(17)18)12(10)15(19)20/h1-7,13,16H. The number of phenolic OH excluding ortho intramolecular Hbond substituents is 1. The van der Waals surface area contributed by atoms with Crippen LogP contribution in [0.5, 0.6) is 5.75 Å². The van der Waals surface area contributed by atoms with Gasteiger partial charge in [0.15, 0.2) is 0 Å². The molecular weight excluding hydrogens is 266 g/mol. The van der Waals surface area contributed by atoms with Crippen molar-refractivity contribution in [3.8, 4) is 5.75 Å². The second-order valence-corrected chi connectivity index (χ2v) is 3.86. The minimum Gasteiger partial charge on any atom is -0.508 e. The van der Waals surface area contributed by atoms with Crippen LogP contribution >= 0.6 is 0 Å². The van der Waals surface area contributed by atoms with Gasteiger partial charge in [0.2, 0.25) is 0 Å². The van der Waals surface area contributed by atoms with E-state index in [1.54, 1.807) is 0 Å². The number of hydrogen-bond acceptors (Lipinski definition) is 6. The Morgan fingerprint density at radius 2 is 1.60 bits per heavy atom. The number of phenols is 1. The monoisotopic (exact) mass is 275 g/mol. The SMILES string of the molecule is O=[N+]([O-])c1cccc(Nc2ccc(O)cc2)c1[N+](=O)[O-]. The van der Waals surface area contributed by atoms with Gasteiger partial charge in [-0.25, -0.2) is 0 Å². The third-order valence-electron chi connectivity index (χ3n) is 2.54. The molecule has 0 aromatic heterocycles. The molecule has 0 aliphatic carbocycles. The van der Waals surface area contributed by atoms with Gasteiger partial charge in [-0.3, -0.25) is 20.2 Å². The Morgan fingerprint density at radius 1 is 0.950 bits per heavy atom. The normalized spacial score (nSPS) is 10.0. The van der Waals surface area contributed by atoms with E-state index in [0.717, 1.165) is 6.07 Å². The molecule has 0 aliphatic heterocycles. The van der Waals surface area contributed by atoms with Crippen LogP contribution in [0, 0.1) is 20.2 Å². The van der Waals surface area contributed by atoms with Gasteiger partial charge in [0, 0.05) is 11.8 Å². The average molecular weight is 275 g/mol. The summed E-state index contributed by atoms with van der Waals surface area (Å²) in [5, 5.41) is 33.7. The highest BCUT2D eigenvalue weighted by Crippen LogP contribution is 2.36. The van der Waals surface area contributed by atoms with E-state index in [1.807, 2.05) is 0 Å². The third-order valence-corrected chi connectivity index (χ3v) is 2.54. The molecule has 0 aliphatic rings. The second-order valence-electron chi connectivity index (χ2n) is 3.86. The molecule has 0 radical (unpaired) electrons. The molecule has 0 unspecified atom stereocenters. The average Bonchev–Trinajstić information content (AvgIpc) is 2.40. The fourth-order valence-corrected chi connectivity index (χ4v) is 1.67. The van der Waals surface area contributed by atoms with Crippen LogP contribution in [0.15, 0.2) is 42.5 Å². The summed E-state index contributed by atoms with van der Waals surface area (Å²) < 4.78 is 0. The number of aromatic hydroxyl groups is 1. The van der Waals surface area contributed by atoms with E-state index in [1.165, 1.54) is 36.4 Å². The number of hydrogen-bond donors (Lipinski definition) is 2. The van der Waals surface area contributed by atoms with Crippen molar-refractivity contribution in [1.29, 1.82) is 0 Å². The summed E-state index contributed by atoms with van der Waals surface area (Å²) in [5.74, 6) is 0.0455. The number of anilines is 2. The molecule has 0 saturated heterocycles. The number of nitrogens with one attached hydrogen (secondary N) is 1. The van der Waals surface area contributed by atoms with E-state index in [0.29, 0.717) is 5.69 Å². The van der Waals surface area contributed by atoms with E-state index in [-0.39, 0.29) is 11.4 Å². The Labute approximate surface area is 112 Å². The van der Waals surface area contributed by atoms with Crippen LogP contribution in [0.25, 0.3) is 0 Å². The molecule has 0 spiro atoms. The van der Waals surface area contributed by atoms with Crippen LogP contribution < -0.4 is 5.32 Å². The summed E-state index contributed by atoms with van der Waals surface area (Å²) in [5.41, 5.74) is -0.717. The second kappa shape index (κ2) is 5.22. The zero-order valence-electron chi connectivity index (χ0n) is 10.0. The Morgan fingerprint density at radius 3 is 2.15 bits per heavy atom. The van der Waals surface area contributed by atoms with Crippen molar-refractivity contribution in [3.63, 3.8) is 0 Å². The van der Waals surface area contributed by atoms with Gasteiger partial charge >= 0.3 is 11.4 Å². The quantitative estimate of drug-likeness (QED) is 0.503. The number of nitro groups is 2. The minimum absolute atomic E-state index is 0.00916.